The van der Waals surface area contributed by atoms with Crippen LogP contribution in [0.15, 0.2) is 18.2 Å². The molecule has 0 heterocycles. The van der Waals surface area contributed by atoms with Crippen LogP contribution in [0.4, 0.5) is 18.9 Å². The number of rotatable bonds is 2. The number of halogens is 5. The van der Waals surface area contributed by atoms with Gasteiger partial charge in [-0.25, -0.2) is 0 Å². The van der Waals surface area contributed by atoms with E-state index in [4.69, 9.17) is 11.6 Å². The topological polar surface area (TPSA) is 29.1 Å². The summed E-state index contributed by atoms with van der Waals surface area (Å²) in [6, 6.07) is 3.18. The molecule has 1 atom stereocenters. The molecule has 0 spiro atoms. The maximum Gasteiger partial charge on any atom is 0.418 e. The third kappa shape index (κ3) is 3.89. The Labute approximate surface area is 109 Å². The van der Waals surface area contributed by atoms with Crippen molar-refractivity contribution in [1.29, 1.82) is 0 Å². The van der Waals surface area contributed by atoms with E-state index in [1.165, 1.54) is 13.0 Å². The summed E-state index contributed by atoms with van der Waals surface area (Å²) in [7, 11) is 0. The summed E-state index contributed by atoms with van der Waals surface area (Å²) in [5.74, 6) is -0.558. The van der Waals surface area contributed by atoms with E-state index in [-0.39, 0.29) is 10.7 Å². The molecule has 17 heavy (non-hydrogen) atoms. The molecule has 0 radical (unpaired) electrons. The Balaban J connectivity index is 3.12. The molecule has 1 aromatic carbocycles. The van der Waals surface area contributed by atoms with Gasteiger partial charge in [0.05, 0.1) is 16.1 Å². The molecule has 1 amide bonds. The zero-order valence-corrected chi connectivity index (χ0v) is 10.9. The van der Waals surface area contributed by atoms with Gasteiger partial charge in [-0.3, -0.25) is 4.79 Å². The van der Waals surface area contributed by atoms with Crippen LogP contribution in [0.1, 0.15) is 12.5 Å². The lowest BCUT2D eigenvalue weighted by Crippen LogP contribution is -2.22. The molecule has 0 aliphatic heterocycles. The molecule has 1 aromatic rings. The summed E-state index contributed by atoms with van der Waals surface area (Å²) in [4.78, 5) is 10.7. The minimum Gasteiger partial charge on any atom is -0.325 e. The number of amides is 1. The van der Waals surface area contributed by atoms with Gasteiger partial charge in [0.25, 0.3) is 0 Å². The van der Waals surface area contributed by atoms with Crippen LogP contribution in [0.25, 0.3) is 0 Å². The predicted molar refractivity (Wildman–Crippen MR) is 63.5 cm³/mol. The molecule has 0 aromatic heterocycles. The Hall–Kier alpha value is -0.750. The first-order valence-corrected chi connectivity index (χ1v) is 5.83. The highest BCUT2D eigenvalue weighted by molar-refractivity contribution is 9.10. The quantitative estimate of drug-likeness (QED) is 0.813. The van der Waals surface area contributed by atoms with Crippen LogP contribution in [0.3, 0.4) is 0 Å². The molecule has 0 saturated carbocycles. The van der Waals surface area contributed by atoms with Crippen molar-refractivity contribution >= 4 is 39.1 Å². The highest BCUT2D eigenvalue weighted by atomic mass is 79.9. The molecule has 1 N–H and O–H groups in total. The molecule has 0 saturated heterocycles. The molecule has 1 unspecified atom stereocenters. The van der Waals surface area contributed by atoms with Gasteiger partial charge in [-0.2, -0.15) is 13.2 Å². The van der Waals surface area contributed by atoms with Gasteiger partial charge in [0.2, 0.25) is 5.91 Å². The largest absolute Gasteiger partial charge is 0.418 e. The van der Waals surface area contributed by atoms with Crippen LogP contribution in [-0.4, -0.2) is 10.7 Å². The lowest BCUT2D eigenvalue weighted by Gasteiger charge is -2.14. The number of hydrogen-bond donors (Lipinski definition) is 1. The maximum atomic E-state index is 12.7. The Bertz CT molecular complexity index is 434. The molecule has 0 aliphatic carbocycles. The molecule has 0 aliphatic rings. The van der Waals surface area contributed by atoms with Crippen molar-refractivity contribution in [3.05, 3.63) is 28.8 Å². The Morgan fingerprint density at radius 3 is 2.53 bits per heavy atom. The van der Waals surface area contributed by atoms with Crippen molar-refractivity contribution in [2.75, 3.05) is 5.32 Å². The van der Waals surface area contributed by atoms with E-state index < -0.39 is 22.5 Å². The summed E-state index contributed by atoms with van der Waals surface area (Å²) >= 11 is 8.47. The van der Waals surface area contributed by atoms with Crippen LogP contribution in [-0.2, 0) is 11.0 Å². The zero-order chi connectivity index (χ0) is 13.2. The van der Waals surface area contributed by atoms with Gasteiger partial charge in [0, 0.05) is 5.02 Å². The molecule has 7 heteroatoms. The van der Waals surface area contributed by atoms with Crippen molar-refractivity contribution in [1.82, 2.24) is 0 Å². The molecular weight excluding hydrogens is 322 g/mol. The van der Waals surface area contributed by atoms with Gasteiger partial charge >= 0.3 is 6.18 Å². The minimum absolute atomic E-state index is 0.0396. The molecule has 0 bridgehead atoms. The summed E-state index contributed by atoms with van der Waals surface area (Å²) in [5, 5.41) is 2.14. The van der Waals surface area contributed by atoms with E-state index in [1.807, 2.05) is 0 Å². The van der Waals surface area contributed by atoms with E-state index in [9.17, 15) is 18.0 Å². The van der Waals surface area contributed by atoms with Crippen molar-refractivity contribution in [2.24, 2.45) is 0 Å². The van der Waals surface area contributed by atoms with E-state index >= 15 is 0 Å². The SMILES string of the molecule is CC(Br)C(=O)Nc1ccc(Cl)cc1C(F)(F)F. The normalized spacial score (nSPS) is 13.3. The fraction of sp³-hybridized carbons (Fsp3) is 0.300. The second-order valence-electron chi connectivity index (χ2n) is 3.29. The number of alkyl halides is 4. The van der Waals surface area contributed by atoms with E-state index in [0.29, 0.717) is 0 Å². The first kappa shape index (κ1) is 14.3. The Morgan fingerprint density at radius 1 is 1.47 bits per heavy atom. The predicted octanol–water partition coefficient (Wildman–Crippen LogP) is 4.08. The van der Waals surface area contributed by atoms with Gasteiger partial charge < -0.3 is 5.32 Å². The second kappa shape index (κ2) is 5.27. The molecular formula is C10H8BrClF3NO. The lowest BCUT2D eigenvalue weighted by molar-refractivity contribution is -0.137. The average molecular weight is 331 g/mol. The summed E-state index contributed by atoms with van der Waals surface area (Å²) in [6.45, 7) is 1.51. The molecule has 2 nitrogen and oxygen atoms in total. The highest BCUT2D eigenvalue weighted by Gasteiger charge is 2.34. The summed E-state index contributed by atoms with van der Waals surface area (Å²) < 4.78 is 38.0. The van der Waals surface area contributed by atoms with Crippen LogP contribution in [0, 0.1) is 0 Å². The fourth-order valence-electron chi connectivity index (χ4n) is 1.09. The average Bonchev–Trinajstić information content (AvgIpc) is 2.18. The van der Waals surface area contributed by atoms with Crippen LogP contribution >= 0.6 is 27.5 Å². The Morgan fingerprint density at radius 2 is 2.06 bits per heavy atom. The van der Waals surface area contributed by atoms with E-state index in [0.717, 1.165) is 12.1 Å². The summed E-state index contributed by atoms with van der Waals surface area (Å²) in [6.07, 6.45) is -4.57. The van der Waals surface area contributed by atoms with Crippen LogP contribution < -0.4 is 5.32 Å². The van der Waals surface area contributed by atoms with Crippen molar-refractivity contribution in [3.63, 3.8) is 0 Å². The van der Waals surface area contributed by atoms with E-state index in [1.54, 1.807) is 0 Å². The fourth-order valence-corrected chi connectivity index (χ4v) is 1.38. The van der Waals surface area contributed by atoms with Gasteiger partial charge in [0.1, 0.15) is 0 Å². The number of carbonyl (C=O) groups excluding carboxylic acids is 1. The molecule has 1 rings (SSSR count). The monoisotopic (exact) mass is 329 g/mol. The third-order valence-corrected chi connectivity index (χ3v) is 2.56. The lowest BCUT2D eigenvalue weighted by atomic mass is 10.1. The van der Waals surface area contributed by atoms with Crippen LogP contribution in [0.2, 0.25) is 5.02 Å². The van der Waals surface area contributed by atoms with Crippen molar-refractivity contribution < 1.29 is 18.0 Å². The zero-order valence-electron chi connectivity index (χ0n) is 8.61. The standard InChI is InChI=1S/C10H8BrClF3NO/c1-5(11)9(17)16-8-3-2-6(12)4-7(8)10(13,14)15/h2-5H,1H3,(H,16,17). The Kier molecular flexibility index (Phi) is 4.43. The van der Waals surface area contributed by atoms with Crippen molar-refractivity contribution in [2.45, 2.75) is 17.9 Å². The smallest absolute Gasteiger partial charge is 0.325 e. The maximum absolute atomic E-state index is 12.7. The first-order chi connectivity index (χ1) is 7.71. The van der Waals surface area contributed by atoms with Gasteiger partial charge in [-0.1, -0.05) is 27.5 Å². The number of nitrogens with one attached hydrogen (secondary N) is 1. The van der Waals surface area contributed by atoms with Crippen LogP contribution in [0.5, 0.6) is 0 Å². The molecule has 94 valence electrons. The van der Waals surface area contributed by atoms with Gasteiger partial charge in [-0.05, 0) is 25.1 Å². The van der Waals surface area contributed by atoms with Gasteiger partial charge in [0.15, 0.2) is 0 Å². The molecule has 0 fully saturated rings. The number of benzene rings is 1. The highest BCUT2D eigenvalue weighted by Crippen LogP contribution is 2.36. The first-order valence-electron chi connectivity index (χ1n) is 4.53. The van der Waals surface area contributed by atoms with Gasteiger partial charge in [-0.15, -0.1) is 0 Å². The second-order valence-corrected chi connectivity index (χ2v) is 5.10. The third-order valence-electron chi connectivity index (χ3n) is 1.91. The number of hydrogen-bond acceptors (Lipinski definition) is 1. The minimum atomic E-state index is -4.57. The number of carbonyl (C=O) groups is 1. The summed E-state index contributed by atoms with van der Waals surface area (Å²) in [5.41, 5.74) is -1.27. The van der Waals surface area contributed by atoms with Crippen molar-refractivity contribution in [3.8, 4) is 0 Å². The van der Waals surface area contributed by atoms with E-state index in [2.05, 4.69) is 21.2 Å². The number of anilines is 1.